The Morgan fingerprint density at radius 1 is 1.53 bits per heavy atom. The molecule has 1 heterocycles. The van der Waals surface area contributed by atoms with E-state index in [4.69, 9.17) is 10.5 Å². The second-order valence-electron chi connectivity index (χ2n) is 3.43. The van der Waals surface area contributed by atoms with Gasteiger partial charge in [0.15, 0.2) is 0 Å². The third-order valence-electron chi connectivity index (χ3n) is 2.26. The summed E-state index contributed by atoms with van der Waals surface area (Å²) in [6.45, 7) is 1.85. The number of ether oxygens (including phenoxy) is 1. The van der Waals surface area contributed by atoms with Crippen molar-refractivity contribution >= 4 is 22.6 Å². The first-order valence-corrected chi connectivity index (χ1v) is 5.08. The first-order valence-electron chi connectivity index (χ1n) is 5.08. The second kappa shape index (κ2) is 4.25. The van der Waals surface area contributed by atoms with Crippen molar-refractivity contribution in [2.24, 2.45) is 0 Å². The number of carbonyl (C=O) groups excluding carboxylic acids is 1. The molecule has 6 nitrogen and oxygen atoms in total. The predicted octanol–water partition coefficient (Wildman–Crippen LogP) is 0.682. The number of anilines is 1. The van der Waals surface area contributed by atoms with Gasteiger partial charge in [-0.05, 0) is 25.1 Å². The van der Waals surface area contributed by atoms with Crippen LogP contribution >= 0.6 is 0 Å². The molecule has 2 rings (SSSR count). The normalized spacial score (nSPS) is 10.4. The molecule has 0 saturated carbocycles. The van der Waals surface area contributed by atoms with Gasteiger partial charge in [0, 0.05) is 5.69 Å². The second-order valence-corrected chi connectivity index (χ2v) is 3.43. The van der Waals surface area contributed by atoms with E-state index in [-0.39, 0.29) is 12.3 Å². The zero-order chi connectivity index (χ0) is 12.4. The van der Waals surface area contributed by atoms with Crippen molar-refractivity contribution in [2.45, 2.75) is 6.92 Å². The Kier molecular flexibility index (Phi) is 2.78. The van der Waals surface area contributed by atoms with Crippen LogP contribution in [0, 0.1) is 0 Å². The number of nitrogens with one attached hydrogen (secondary N) is 1. The molecule has 0 saturated heterocycles. The highest BCUT2D eigenvalue weighted by atomic mass is 16.5. The summed E-state index contributed by atoms with van der Waals surface area (Å²) in [5.41, 5.74) is 5.82. The molecular weight excluding hydrogens is 222 g/mol. The van der Waals surface area contributed by atoms with Crippen LogP contribution in [0.15, 0.2) is 23.0 Å². The Labute approximate surface area is 96.4 Å². The van der Waals surface area contributed by atoms with Gasteiger partial charge in [0.05, 0.1) is 17.5 Å². The summed E-state index contributed by atoms with van der Waals surface area (Å²) >= 11 is 0. The standard InChI is InChI=1S/C11H11N3O3/c1-2-17-11(16)9-10(15)7-5-6(12)3-4-8(7)13-14-9/h3-5H,2,12H2,1H3,(H,13,15). The highest BCUT2D eigenvalue weighted by molar-refractivity contribution is 5.92. The predicted molar refractivity (Wildman–Crippen MR) is 62.7 cm³/mol. The first kappa shape index (κ1) is 11.1. The molecule has 6 heteroatoms. The molecule has 0 radical (unpaired) electrons. The van der Waals surface area contributed by atoms with Crippen molar-refractivity contribution in [2.75, 3.05) is 12.3 Å². The van der Waals surface area contributed by atoms with Crippen LogP contribution in [0.4, 0.5) is 5.69 Å². The summed E-state index contributed by atoms with van der Waals surface area (Å²) in [4.78, 5) is 23.4. The number of rotatable bonds is 2. The van der Waals surface area contributed by atoms with Crippen LogP contribution in [0.2, 0.25) is 0 Å². The summed E-state index contributed by atoms with van der Waals surface area (Å²) in [5, 5.41) is 6.64. The minimum atomic E-state index is -0.738. The zero-order valence-electron chi connectivity index (χ0n) is 9.19. The van der Waals surface area contributed by atoms with Gasteiger partial charge in [-0.25, -0.2) is 4.79 Å². The lowest BCUT2D eigenvalue weighted by atomic mass is 10.2. The summed E-state index contributed by atoms with van der Waals surface area (Å²) in [6, 6.07) is 4.77. The Morgan fingerprint density at radius 2 is 2.29 bits per heavy atom. The topological polar surface area (TPSA) is 98.1 Å². The van der Waals surface area contributed by atoms with Crippen LogP contribution in [0.5, 0.6) is 0 Å². The Bertz CT molecular complexity index is 633. The van der Waals surface area contributed by atoms with Crippen molar-refractivity contribution in [3.05, 3.63) is 34.1 Å². The maximum Gasteiger partial charge on any atom is 0.362 e. The summed E-state index contributed by atoms with van der Waals surface area (Å²) in [7, 11) is 0. The maximum absolute atomic E-state index is 12.0. The molecule has 0 unspecified atom stereocenters. The number of nitrogens with zero attached hydrogens (tertiary/aromatic N) is 1. The van der Waals surface area contributed by atoms with Crippen molar-refractivity contribution in [1.29, 1.82) is 0 Å². The molecule has 0 aliphatic heterocycles. The van der Waals surface area contributed by atoms with Crippen LogP contribution in [0.1, 0.15) is 17.4 Å². The highest BCUT2D eigenvalue weighted by Crippen LogP contribution is 2.11. The van der Waals surface area contributed by atoms with Gasteiger partial charge in [-0.2, -0.15) is 5.10 Å². The number of aromatic amines is 1. The lowest BCUT2D eigenvalue weighted by molar-refractivity contribution is 0.0517. The number of fused-ring (bicyclic) bond motifs is 1. The zero-order valence-corrected chi connectivity index (χ0v) is 9.19. The molecule has 2 aromatic rings. The van der Waals surface area contributed by atoms with E-state index in [0.29, 0.717) is 16.6 Å². The quantitative estimate of drug-likeness (QED) is 0.587. The minimum Gasteiger partial charge on any atom is -0.461 e. The number of nitrogens with two attached hydrogens (primary N) is 1. The fourth-order valence-electron chi connectivity index (χ4n) is 1.48. The number of nitrogen functional groups attached to an aromatic ring is 1. The fraction of sp³-hybridized carbons (Fsp3) is 0.182. The fourth-order valence-corrected chi connectivity index (χ4v) is 1.48. The maximum atomic E-state index is 12.0. The average molecular weight is 233 g/mol. The van der Waals surface area contributed by atoms with Crippen molar-refractivity contribution in [3.8, 4) is 0 Å². The SMILES string of the molecule is CCOC(=O)c1n[nH]c2ccc(N)cc2c1=O. The largest absolute Gasteiger partial charge is 0.461 e. The summed E-state index contributed by atoms with van der Waals surface area (Å²) in [6.07, 6.45) is 0. The van der Waals surface area contributed by atoms with Gasteiger partial charge in [-0.15, -0.1) is 0 Å². The molecule has 0 aliphatic carbocycles. The number of aromatic nitrogens is 2. The van der Waals surface area contributed by atoms with E-state index < -0.39 is 11.4 Å². The van der Waals surface area contributed by atoms with E-state index in [9.17, 15) is 9.59 Å². The Morgan fingerprint density at radius 3 is 3.00 bits per heavy atom. The molecule has 0 atom stereocenters. The molecule has 0 bridgehead atoms. The number of H-pyrrole nitrogens is 1. The van der Waals surface area contributed by atoms with E-state index in [1.165, 1.54) is 6.07 Å². The van der Waals surface area contributed by atoms with Crippen molar-refractivity contribution in [1.82, 2.24) is 10.2 Å². The van der Waals surface area contributed by atoms with E-state index in [1.807, 2.05) is 0 Å². The molecule has 1 aromatic heterocycles. The molecular formula is C11H11N3O3. The molecule has 0 spiro atoms. The molecule has 88 valence electrons. The third kappa shape index (κ3) is 1.96. The van der Waals surface area contributed by atoms with Gasteiger partial charge in [0.2, 0.25) is 11.1 Å². The number of benzene rings is 1. The molecule has 3 N–H and O–H groups in total. The van der Waals surface area contributed by atoms with Gasteiger partial charge in [0.1, 0.15) is 0 Å². The summed E-state index contributed by atoms with van der Waals surface area (Å²) < 4.78 is 4.74. The molecule has 0 amide bonds. The van der Waals surface area contributed by atoms with Gasteiger partial charge < -0.3 is 10.5 Å². The molecule has 0 fully saturated rings. The third-order valence-corrected chi connectivity index (χ3v) is 2.26. The van der Waals surface area contributed by atoms with Crippen LogP contribution < -0.4 is 11.2 Å². The molecule has 0 aliphatic rings. The highest BCUT2D eigenvalue weighted by Gasteiger charge is 2.15. The van der Waals surface area contributed by atoms with Crippen LogP contribution in [0.3, 0.4) is 0 Å². The smallest absolute Gasteiger partial charge is 0.362 e. The number of esters is 1. The Hall–Kier alpha value is -2.37. The van der Waals surface area contributed by atoms with E-state index in [0.717, 1.165) is 0 Å². The number of carbonyl (C=O) groups is 1. The summed E-state index contributed by atoms with van der Waals surface area (Å²) in [5.74, 6) is -0.738. The lowest BCUT2D eigenvalue weighted by Gasteiger charge is -2.02. The van der Waals surface area contributed by atoms with Crippen LogP contribution in [0.25, 0.3) is 10.9 Å². The van der Waals surface area contributed by atoms with E-state index in [1.54, 1.807) is 19.1 Å². The monoisotopic (exact) mass is 233 g/mol. The van der Waals surface area contributed by atoms with Gasteiger partial charge >= 0.3 is 5.97 Å². The van der Waals surface area contributed by atoms with Crippen LogP contribution in [-0.4, -0.2) is 22.8 Å². The Balaban J connectivity index is 2.65. The van der Waals surface area contributed by atoms with Crippen molar-refractivity contribution in [3.63, 3.8) is 0 Å². The van der Waals surface area contributed by atoms with Crippen molar-refractivity contribution < 1.29 is 9.53 Å². The van der Waals surface area contributed by atoms with Gasteiger partial charge in [-0.1, -0.05) is 0 Å². The first-order chi connectivity index (χ1) is 8.13. The lowest BCUT2D eigenvalue weighted by Crippen LogP contribution is -2.21. The minimum absolute atomic E-state index is 0.189. The van der Waals surface area contributed by atoms with E-state index >= 15 is 0 Å². The number of hydrogen-bond acceptors (Lipinski definition) is 5. The average Bonchev–Trinajstić information content (AvgIpc) is 2.30. The van der Waals surface area contributed by atoms with Crippen LogP contribution in [-0.2, 0) is 4.74 Å². The molecule has 17 heavy (non-hydrogen) atoms. The van der Waals surface area contributed by atoms with Gasteiger partial charge in [-0.3, -0.25) is 9.89 Å². The van der Waals surface area contributed by atoms with E-state index in [2.05, 4.69) is 10.2 Å². The van der Waals surface area contributed by atoms with Gasteiger partial charge in [0.25, 0.3) is 0 Å². The number of hydrogen-bond donors (Lipinski definition) is 2. The molecule has 1 aromatic carbocycles.